The molecule has 158 valence electrons. The molecule has 0 saturated heterocycles. The number of hydrogen-bond acceptors (Lipinski definition) is 5. The van der Waals surface area contributed by atoms with Crippen LogP contribution in [0.15, 0.2) is 46.9 Å². The Kier molecular flexibility index (Phi) is 7.41. The van der Waals surface area contributed by atoms with E-state index in [1.54, 1.807) is 29.2 Å². The topological polar surface area (TPSA) is 68.5 Å². The van der Waals surface area contributed by atoms with Gasteiger partial charge in [0, 0.05) is 13.0 Å². The number of carbonyl (C=O) groups is 1. The van der Waals surface area contributed by atoms with E-state index < -0.39 is 5.82 Å². The molecule has 0 aliphatic heterocycles. The average molecular weight is 432 g/mol. The molecule has 2 aromatic carbocycles. The summed E-state index contributed by atoms with van der Waals surface area (Å²) in [6.07, 6.45) is 1.46. The Hall–Kier alpha value is -2.93. The lowest BCUT2D eigenvalue weighted by molar-refractivity contribution is -0.132. The van der Waals surface area contributed by atoms with Crippen molar-refractivity contribution in [3.63, 3.8) is 0 Å². The molecular formula is C22H23ClFN3O3. The molecule has 1 aromatic heterocycles. The van der Waals surface area contributed by atoms with Gasteiger partial charge in [0.25, 0.3) is 0 Å². The average Bonchev–Trinajstić information content (AvgIpc) is 3.20. The fourth-order valence-corrected chi connectivity index (χ4v) is 3.28. The third kappa shape index (κ3) is 5.36. The van der Waals surface area contributed by atoms with Crippen molar-refractivity contribution in [2.24, 2.45) is 0 Å². The van der Waals surface area contributed by atoms with Crippen LogP contribution in [-0.4, -0.2) is 34.7 Å². The molecule has 0 N–H and O–H groups in total. The van der Waals surface area contributed by atoms with Crippen molar-refractivity contribution in [2.45, 2.75) is 32.7 Å². The number of rotatable bonds is 9. The van der Waals surface area contributed by atoms with E-state index in [0.717, 1.165) is 12.0 Å². The maximum absolute atomic E-state index is 13.9. The van der Waals surface area contributed by atoms with Gasteiger partial charge >= 0.3 is 0 Å². The number of amides is 1. The van der Waals surface area contributed by atoms with Crippen molar-refractivity contribution in [2.75, 3.05) is 13.7 Å². The summed E-state index contributed by atoms with van der Waals surface area (Å²) < 4.78 is 24.5. The molecule has 6 nitrogen and oxygen atoms in total. The number of nitrogens with zero attached hydrogens (tertiary/aromatic N) is 3. The third-order valence-corrected chi connectivity index (χ3v) is 4.92. The van der Waals surface area contributed by atoms with Gasteiger partial charge in [-0.1, -0.05) is 36.7 Å². The number of halogens is 2. The van der Waals surface area contributed by atoms with E-state index >= 15 is 0 Å². The summed E-state index contributed by atoms with van der Waals surface area (Å²) in [5, 5.41) is 8.62. The molecule has 0 spiro atoms. The van der Waals surface area contributed by atoms with Gasteiger partial charge in [-0.15, -0.1) is 10.2 Å². The molecule has 0 radical (unpaired) electrons. The van der Waals surface area contributed by atoms with Crippen molar-refractivity contribution in [1.29, 1.82) is 0 Å². The lowest BCUT2D eigenvalue weighted by atomic mass is 10.1. The van der Waals surface area contributed by atoms with Gasteiger partial charge in [-0.3, -0.25) is 4.79 Å². The van der Waals surface area contributed by atoms with E-state index in [9.17, 15) is 9.18 Å². The zero-order chi connectivity index (χ0) is 21.5. The summed E-state index contributed by atoms with van der Waals surface area (Å²) in [4.78, 5) is 14.4. The molecule has 0 unspecified atom stereocenters. The van der Waals surface area contributed by atoms with Crippen molar-refractivity contribution in [3.05, 3.63) is 64.8 Å². The zero-order valence-corrected chi connectivity index (χ0v) is 17.7. The van der Waals surface area contributed by atoms with Crippen molar-refractivity contribution in [1.82, 2.24) is 15.1 Å². The van der Waals surface area contributed by atoms with Crippen LogP contribution in [-0.2, 0) is 17.8 Å². The second-order valence-corrected chi connectivity index (χ2v) is 7.17. The van der Waals surface area contributed by atoms with Crippen LogP contribution in [0.1, 0.15) is 31.2 Å². The lowest BCUT2D eigenvalue weighted by Gasteiger charge is -2.20. The summed E-state index contributed by atoms with van der Waals surface area (Å²) in [5.41, 5.74) is 1.38. The summed E-state index contributed by atoms with van der Waals surface area (Å²) in [5.74, 6) is 0.329. The quantitative estimate of drug-likeness (QED) is 0.481. The Balaban J connectivity index is 1.65. The summed E-state index contributed by atoms with van der Waals surface area (Å²) in [6.45, 7) is 2.75. The molecule has 30 heavy (non-hydrogen) atoms. The van der Waals surface area contributed by atoms with Crippen LogP contribution >= 0.6 is 11.6 Å². The first kappa shape index (κ1) is 21.8. The number of aryl methyl sites for hydroxylation is 1. The third-order valence-electron chi connectivity index (χ3n) is 4.59. The van der Waals surface area contributed by atoms with Gasteiger partial charge in [-0.2, -0.15) is 0 Å². The fraction of sp³-hybridized carbons (Fsp3) is 0.318. The minimum Gasteiger partial charge on any atom is -0.494 e. The Bertz CT molecular complexity index is 1010. The maximum Gasteiger partial charge on any atom is 0.249 e. The highest BCUT2D eigenvalue weighted by molar-refractivity contribution is 6.33. The van der Waals surface area contributed by atoms with E-state index in [0.29, 0.717) is 35.3 Å². The minimum absolute atomic E-state index is 0.0643. The summed E-state index contributed by atoms with van der Waals surface area (Å²) in [6, 6.07) is 11.9. The van der Waals surface area contributed by atoms with Crippen molar-refractivity contribution >= 4 is 17.5 Å². The summed E-state index contributed by atoms with van der Waals surface area (Å²) in [7, 11) is 1.42. The van der Waals surface area contributed by atoms with Gasteiger partial charge in [0.2, 0.25) is 17.7 Å². The highest BCUT2D eigenvalue weighted by Gasteiger charge is 2.18. The van der Waals surface area contributed by atoms with Crippen LogP contribution in [0.5, 0.6) is 5.75 Å². The number of benzene rings is 2. The predicted molar refractivity (Wildman–Crippen MR) is 112 cm³/mol. The second-order valence-electron chi connectivity index (χ2n) is 6.76. The SMILES string of the molecule is CCCN(Cc1nnc(-c2ccccc2Cl)o1)C(=O)CCc1ccc(OC)c(F)c1. The van der Waals surface area contributed by atoms with Crippen LogP contribution in [0.25, 0.3) is 11.5 Å². The van der Waals surface area contributed by atoms with Gasteiger partial charge in [-0.05, 0) is 42.7 Å². The molecule has 0 atom stereocenters. The smallest absolute Gasteiger partial charge is 0.249 e. The Labute approximate surface area is 179 Å². The van der Waals surface area contributed by atoms with Gasteiger partial charge < -0.3 is 14.1 Å². The highest BCUT2D eigenvalue weighted by Crippen LogP contribution is 2.26. The molecule has 0 bridgehead atoms. The molecule has 1 heterocycles. The number of methoxy groups -OCH3 is 1. The molecule has 0 fully saturated rings. The lowest BCUT2D eigenvalue weighted by Crippen LogP contribution is -2.31. The molecule has 0 saturated carbocycles. The molecule has 1 amide bonds. The largest absolute Gasteiger partial charge is 0.494 e. The normalized spacial score (nSPS) is 10.8. The predicted octanol–water partition coefficient (Wildman–Crippen LogP) is 4.91. The molecule has 0 aliphatic carbocycles. The van der Waals surface area contributed by atoms with Crippen LogP contribution in [0.2, 0.25) is 5.02 Å². The number of carbonyl (C=O) groups excluding carboxylic acids is 1. The van der Waals surface area contributed by atoms with Gasteiger partial charge in [-0.25, -0.2) is 4.39 Å². The first-order valence-corrected chi connectivity index (χ1v) is 10.1. The van der Waals surface area contributed by atoms with Crippen LogP contribution < -0.4 is 4.74 Å². The van der Waals surface area contributed by atoms with Crippen molar-refractivity contribution < 1.29 is 18.3 Å². The Morgan fingerprint density at radius 2 is 2.03 bits per heavy atom. The number of aromatic nitrogens is 2. The van der Waals surface area contributed by atoms with Crippen LogP contribution in [0.3, 0.4) is 0 Å². The molecule has 0 aliphatic rings. The zero-order valence-electron chi connectivity index (χ0n) is 16.9. The first-order chi connectivity index (χ1) is 14.5. The van der Waals surface area contributed by atoms with Crippen LogP contribution in [0.4, 0.5) is 4.39 Å². The van der Waals surface area contributed by atoms with E-state index in [1.165, 1.54) is 13.2 Å². The van der Waals surface area contributed by atoms with E-state index in [4.69, 9.17) is 20.8 Å². The van der Waals surface area contributed by atoms with Crippen molar-refractivity contribution in [3.8, 4) is 17.2 Å². The fourth-order valence-electron chi connectivity index (χ4n) is 3.06. The van der Waals surface area contributed by atoms with Crippen LogP contribution in [0, 0.1) is 5.82 Å². The van der Waals surface area contributed by atoms with E-state index in [2.05, 4.69) is 10.2 Å². The summed E-state index contributed by atoms with van der Waals surface area (Å²) >= 11 is 6.18. The number of ether oxygens (including phenoxy) is 1. The van der Waals surface area contributed by atoms with E-state index in [1.807, 2.05) is 19.1 Å². The maximum atomic E-state index is 13.9. The minimum atomic E-state index is -0.439. The molecular weight excluding hydrogens is 409 g/mol. The molecule has 3 aromatic rings. The standard InChI is InChI=1S/C22H23ClFN3O3/c1-3-12-27(21(28)11-9-15-8-10-19(29-2)18(24)13-15)14-20-25-26-22(30-20)16-6-4-5-7-17(16)23/h4-8,10,13H,3,9,11-12,14H2,1-2H3. The van der Waals surface area contributed by atoms with Gasteiger partial charge in [0.1, 0.15) is 0 Å². The first-order valence-electron chi connectivity index (χ1n) is 9.69. The van der Waals surface area contributed by atoms with Gasteiger partial charge in [0.15, 0.2) is 11.6 Å². The monoisotopic (exact) mass is 431 g/mol. The Morgan fingerprint density at radius 1 is 1.23 bits per heavy atom. The molecule has 8 heteroatoms. The van der Waals surface area contributed by atoms with E-state index in [-0.39, 0.29) is 24.6 Å². The number of hydrogen-bond donors (Lipinski definition) is 0. The molecule has 3 rings (SSSR count). The van der Waals surface area contributed by atoms with Gasteiger partial charge in [0.05, 0.1) is 24.2 Å². The second kappa shape index (κ2) is 10.2. The highest BCUT2D eigenvalue weighted by atomic mass is 35.5. The Morgan fingerprint density at radius 3 is 2.73 bits per heavy atom.